The van der Waals surface area contributed by atoms with E-state index in [9.17, 15) is 50.2 Å². The number of amides is 2. The third-order valence-corrected chi connectivity index (χ3v) is 7.47. The zero-order valence-electron chi connectivity index (χ0n) is 29.6. The number of fused-ring (bicyclic) bond motifs is 2. The molecule has 0 fully saturated rings. The predicted molar refractivity (Wildman–Crippen MR) is 198 cm³/mol. The van der Waals surface area contributed by atoms with E-state index in [1.54, 1.807) is 48.5 Å². The number of benzene rings is 6. The topological polar surface area (TPSA) is 275 Å². The Morgan fingerprint density at radius 3 is 1.25 bits per heavy atom. The molecule has 20 heteroatoms. The summed E-state index contributed by atoms with van der Waals surface area (Å²) in [5.74, 6) is -1.60. The summed E-state index contributed by atoms with van der Waals surface area (Å²) < 4.78 is 0. The number of non-ortho nitro benzene ring substituents is 2. The summed E-state index contributed by atoms with van der Waals surface area (Å²) >= 11 is 0. The Morgan fingerprint density at radius 1 is 0.554 bits per heavy atom. The Hall–Kier alpha value is -6.49. The van der Waals surface area contributed by atoms with E-state index in [4.69, 9.17) is 0 Å². The zero-order valence-corrected chi connectivity index (χ0v) is 32.8. The van der Waals surface area contributed by atoms with E-state index in [-0.39, 0.29) is 116 Å². The largest absolute Gasteiger partial charge is 1.00 e. The molecule has 6 N–H and O–H groups in total. The van der Waals surface area contributed by atoms with E-state index in [1.165, 1.54) is 26.0 Å². The number of nitro benzene ring substituents is 2. The second-order valence-electron chi connectivity index (χ2n) is 11.3. The number of aromatic hydroxyl groups is 4. The number of phenolic OH excluding ortho intramolecular Hbond substituents is 4. The number of carbonyl (C=O) groups excluding carboxylic acids is 2. The molecule has 0 spiro atoms. The van der Waals surface area contributed by atoms with Crippen LogP contribution >= 0.6 is 0 Å². The van der Waals surface area contributed by atoms with Gasteiger partial charge in [-0.05, 0) is 47.2 Å². The first kappa shape index (κ1) is 43.9. The molecule has 0 aliphatic heterocycles. The Bertz CT molecular complexity index is 2380. The summed E-state index contributed by atoms with van der Waals surface area (Å²) in [5.41, 5.74) is 0.188. The van der Waals surface area contributed by atoms with Gasteiger partial charge in [0, 0.05) is 66.2 Å². The third-order valence-electron chi connectivity index (χ3n) is 7.47. The molecular formula is C36H28CrN8NaO10+. The van der Waals surface area contributed by atoms with Crippen molar-refractivity contribution in [1.82, 2.24) is 0 Å². The standard InChI is InChI=1S/2C18H14N4O5.Cr.Na/c2*1-10(23)19-13-4-2-3-11-5-7-16(25)18(17(11)13)21-20-14-9-12(22(26)27)6-8-15(14)24;;/h2*2-9,24-25H,1H3,(H,19,23);;/q;;;+1. The molecule has 0 aliphatic rings. The van der Waals surface area contributed by atoms with Gasteiger partial charge in [0.05, 0.1) is 21.2 Å². The number of carbonyl (C=O) groups is 2. The van der Waals surface area contributed by atoms with Crippen molar-refractivity contribution < 1.29 is 86.8 Å². The van der Waals surface area contributed by atoms with Gasteiger partial charge >= 0.3 is 29.6 Å². The number of azo groups is 2. The predicted octanol–water partition coefficient (Wildman–Crippen LogP) is 6.07. The minimum absolute atomic E-state index is 0. The molecule has 0 radical (unpaired) electrons. The van der Waals surface area contributed by atoms with Crippen LogP contribution in [0.3, 0.4) is 0 Å². The van der Waals surface area contributed by atoms with Crippen LogP contribution in [0.25, 0.3) is 21.5 Å². The summed E-state index contributed by atoms with van der Waals surface area (Å²) in [6.45, 7) is 2.70. The molecule has 278 valence electrons. The molecule has 0 aliphatic carbocycles. The van der Waals surface area contributed by atoms with Crippen molar-refractivity contribution in [2.75, 3.05) is 10.6 Å². The molecule has 6 aromatic rings. The van der Waals surface area contributed by atoms with Gasteiger partial charge in [0.15, 0.2) is 0 Å². The first-order chi connectivity index (χ1) is 25.7. The maximum absolute atomic E-state index is 11.5. The molecule has 0 heterocycles. The van der Waals surface area contributed by atoms with Crippen molar-refractivity contribution in [2.45, 2.75) is 13.8 Å². The first-order valence-corrected chi connectivity index (χ1v) is 15.6. The van der Waals surface area contributed by atoms with E-state index < -0.39 is 9.85 Å². The molecule has 0 saturated carbocycles. The summed E-state index contributed by atoms with van der Waals surface area (Å²) in [4.78, 5) is 43.4. The van der Waals surface area contributed by atoms with Gasteiger partial charge in [0.25, 0.3) is 11.4 Å². The minimum Gasteiger partial charge on any atom is -0.506 e. The molecule has 0 saturated heterocycles. The van der Waals surface area contributed by atoms with Crippen LogP contribution in [0.4, 0.5) is 45.5 Å². The van der Waals surface area contributed by atoms with Gasteiger partial charge in [-0.1, -0.05) is 36.4 Å². The van der Waals surface area contributed by atoms with Gasteiger partial charge in [-0.2, -0.15) is 0 Å². The molecule has 6 aromatic carbocycles. The molecule has 18 nitrogen and oxygen atoms in total. The van der Waals surface area contributed by atoms with Gasteiger partial charge in [0.2, 0.25) is 11.8 Å². The van der Waals surface area contributed by atoms with Crippen molar-refractivity contribution in [2.24, 2.45) is 20.5 Å². The van der Waals surface area contributed by atoms with Crippen molar-refractivity contribution in [3.8, 4) is 23.0 Å². The Balaban J connectivity index is 0.000000290. The molecule has 56 heavy (non-hydrogen) atoms. The number of hydrogen-bond acceptors (Lipinski definition) is 14. The van der Waals surface area contributed by atoms with E-state index in [0.29, 0.717) is 32.9 Å². The molecule has 6 rings (SSSR count). The number of phenols is 4. The van der Waals surface area contributed by atoms with Gasteiger partial charge in [0.1, 0.15) is 45.7 Å². The third kappa shape index (κ3) is 10.4. The van der Waals surface area contributed by atoms with Crippen LogP contribution in [0.1, 0.15) is 13.8 Å². The van der Waals surface area contributed by atoms with Crippen LogP contribution in [0.15, 0.2) is 118 Å². The molecule has 0 bridgehead atoms. The second-order valence-corrected chi connectivity index (χ2v) is 11.3. The Kier molecular flexibility index (Phi) is 15.1. The van der Waals surface area contributed by atoms with Crippen molar-refractivity contribution in [3.05, 3.63) is 117 Å². The van der Waals surface area contributed by atoms with Crippen LogP contribution in [0, 0.1) is 20.2 Å². The van der Waals surface area contributed by atoms with Crippen LogP contribution in [-0.2, 0) is 27.0 Å². The van der Waals surface area contributed by atoms with Gasteiger partial charge in [-0.25, -0.2) is 0 Å². The van der Waals surface area contributed by atoms with E-state index in [0.717, 1.165) is 36.4 Å². The Morgan fingerprint density at radius 2 is 0.911 bits per heavy atom. The number of nitro groups is 2. The van der Waals surface area contributed by atoms with Crippen molar-refractivity contribution in [3.63, 3.8) is 0 Å². The quantitative estimate of drug-likeness (QED) is 0.0447. The summed E-state index contributed by atoms with van der Waals surface area (Å²) in [5, 5.41) is 85.2. The summed E-state index contributed by atoms with van der Waals surface area (Å²) in [6, 6.07) is 23.1. The van der Waals surface area contributed by atoms with Crippen molar-refractivity contribution in [1.29, 1.82) is 0 Å². The van der Waals surface area contributed by atoms with Gasteiger partial charge < -0.3 is 31.1 Å². The SMILES string of the molecule is CC(=O)Nc1cccc2ccc(O)c(N=Nc3cc([N+](=O)[O-])ccc3O)c12.CC(=O)Nc1cccc2ccc(O)c(N=Nc3cc([N+](=O)[O-])ccc3O)c12.[Cr].[Na+]. The maximum Gasteiger partial charge on any atom is 1.00 e. The van der Waals surface area contributed by atoms with Gasteiger partial charge in [-0.15, -0.1) is 20.5 Å². The van der Waals surface area contributed by atoms with Gasteiger partial charge in [-0.3, -0.25) is 29.8 Å². The first-order valence-electron chi connectivity index (χ1n) is 15.6. The van der Waals surface area contributed by atoms with E-state index in [2.05, 4.69) is 31.1 Å². The molecular weight excluding hydrogens is 779 g/mol. The van der Waals surface area contributed by atoms with Crippen molar-refractivity contribution >= 4 is 78.9 Å². The number of nitrogens with zero attached hydrogens (tertiary/aromatic N) is 6. The molecule has 0 unspecified atom stereocenters. The summed E-state index contributed by atoms with van der Waals surface area (Å²) in [7, 11) is 0. The average Bonchev–Trinajstić information content (AvgIpc) is 3.12. The van der Waals surface area contributed by atoms with E-state index >= 15 is 0 Å². The second kappa shape index (κ2) is 19.2. The monoisotopic (exact) mass is 807 g/mol. The minimum atomic E-state index is -0.622. The molecule has 0 aromatic heterocycles. The van der Waals surface area contributed by atoms with Crippen LogP contribution in [0.5, 0.6) is 23.0 Å². The molecule has 2 amide bonds. The number of rotatable bonds is 8. The number of anilines is 2. The fourth-order valence-corrected chi connectivity index (χ4v) is 5.11. The number of nitrogens with one attached hydrogen (secondary N) is 2. The fourth-order valence-electron chi connectivity index (χ4n) is 5.11. The van der Waals surface area contributed by atoms with Crippen LogP contribution in [-0.4, -0.2) is 42.1 Å². The fraction of sp³-hybridized carbons (Fsp3) is 0.0556. The number of hydrogen-bond donors (Lipinski definition) is 6. The van der Waals surface area contributed by atoms with Crippen LogP contribution < -0.4 is 40.2 Å². The van der Waals surface area contributed by atoms with E-state index in [1.807, 2.05) is 0 Å². The maximum atomic E-state index is 11.5. The normalized spacial score (nSPS) is 10.6. The van der Waals surface area contributed by atoms with Crippen LogP contribution in [0.2, 0.25) is 0 Å². The molecule has 0 atom stereocenters. The summed E-state index contributed by atoms with van der Waals surface area (Å²) in [6.07, 6.45) is 0. The smallest absolute Gasteiger partial charge is 0.506 e. The average molecular weight is 808 g/mol. The zero-order chi connectivity index (χ0) is 39.1. The Labute approximate surface area is 349 Å².